The lowest BCUT2D eigenvalue weighted by atomic mass is 10.3. The van der Waals surface area contributed by atoms with Gasteiger partial charge in [-0.3, -0.25) is 0 Å². The molecule has 3 aromatic rings. The Morgan fingerprint density at radius 2 is 1.83 bits per heavy atom. The Morgan fingerprint density at radius 1 is 1.06 bits per heavy atom. The van der Waals surface area contributed by atoms with Crippen LogP contribution in [0.3, 0.4) is 0 Å². The number of nitrogens with one attached hydrogen (secondary N) is 2. The number of aromatic nitrogens is 3. The Bertz CT molecular complexity index is 686. The van der Waals surface area contributed by atoms with Crippen LogP contribution < -0.4 is 5.32 Å². The molecule has 0 saturated heterocycles. The third-order valence-electron chi connectivity index (χ3n) is 2.77. The molecule has 0 unspecified atom stereocenters. The quantitative estimate of drug-likeness (QED) is 0.720. The van der Waals surface area contributed by atoms with Crippen LogP contribution in [-0.4, -0.2) is 15.0 Å². The summed E-state index contributed by atoms with van der Waals surface area (Å²) in [6, 6.07) is 12.1. The van der Waals surface area contributed by atoms with E-state index in [0.717, 1.165) is 34.1 Å². The average molecular weight is 238 g/mol. The van der Waals surface area contributed by atoms with Crippen molar-refractivity contribution in [2.45, 2.75) is 13.8 Å². The number of para-hydroxylation sites is 1. The van der Waals surface area contributed by atoms with Gasteiger partial charge in [0.1, 0.15) is 17.3 Å². The van der Waals surface area contributed by atoms with Crippen molar-refractivity contribution in [2.24, 2.45) is 0 Å². The molecule has 2 aromatic heterocycles. The highest BCUT2D eigenvalue weighted by atomic mass is 15.1. The highest BCUT2D eigenvalue weighted by molar-refractivity contribution is 5.89. The highest BCUT2D eigenvalue weighted by Crippen LogP contribution is 2.24. The number of rotatable bonds is 2. The normalized spacial score (nSPS) is 10.8. The SMILES string of the molecule is Cc1nc(Nc2ccccc2)c2cc(C)[nH]c2n1. The maximum absolute atomic E-state index is 4.47. The maximum atomic E-state index is 4.47. The van der Waals surface area contributed by atoms with Crippen LogP contribution in [0.25, 0.3) is 11.0 Å². The number of benzene rings is 1. The molecule has 0 spiro atoms. The Hall–Kier alpha value is -2.36. The van der Waals surface area contributed by atoms with E-state index in [0.29, 0.717) is 0 Å². The van der Waals surface area contributed by atoms with Crippen LogP contribution in [0, 0.1) is 13.8 Å². The molecule has 90 valence electrons. The second-order valence-corrected chi connectivity index (χ2v) is 4.33. The van der Waals surface area contributed by atoms with E-state index in [9.17, 15) is 0 Å². The summed E-state index contributed by atoms with van der Waals surface area (Å²) in [5.41, 5.74) is 2.98. The van der Waals surface area contributed by atoms with Crippen LogP contribution in [0.5, 0.6) is 0 Å². The minimum atomic E-state index is 0.753. The first-order chi connectivity index (χ1) is 8.72. The first-order valence-electron chi connectivity index (χ1n) is 5.88. The zero-order valence-electron chi connectivity index (χ0n) is 10.4. The Kier molecular flexibility index (Phi) is 2.48. The summed E-state index contributed by atoms with van der Waals surface area (Å²) in [5, 5.41) is 4.35. The topological polar surface area (TPSA) is 53.6 Å². The summed E-state index contributed by atoms with van der Waals surface area (Å²) < 4.78 is 0. The Labute approximate surface area is 105 Å². The first kappa shape index (κ1) is 10.8. The van der Waals surface area contributed by atoms with Crippen LogP contribution in [0.4, 0.5) is 11.5 Å². The predicted molar refractivity (Wildman–Crippen MR) is 73.1 cm³/mol. The summed E-state index contributed by atoms with van der Waals surface area (Å²) in [6.45, 7) is 3.91. The number of hydrogen-bond donors (Lipinski definition) is 2. The van der Waals surface area contributed by atoms with Gasteiger partial charge in [0.25, 0.3) is 0 Å². The van der Waals surface area contributed by atoms with Crippen LogP contribution >= 0.6 is 0 Å². The van der Waals surface area contributed by atoms with Gasteiger partial charge in [-0.2, -0.15) is 0 Å². The molecule has 4 heteroatoms. The van der Waals surface area contributed by atoms with Crippen LogP contribution in [-0.2, 0) is 0 Å². The fourth-order valence-corrected chi connectivity index (χ4v) is 2.01. The molecule has 0 atom stereocenters. The number of H-pyrrole nitrogens is 1. The van der Waals surface area contributed by atoms with E-state index >= 15 is 0 Å². The standard InChI is InChI=1S/C14H14N4/c1-9-8-12-13(15-9)16-10(2)17-14(12)18-11-6-4-3-5-7-11/h3-8H,1-2H3,(H2,15,16,17,18). The summed E-state index contributed by atoms with van der Waals surface area (Å²) in [5.74, 6) is 1.59. The molecular weight excluding hydrogens is 224 g/mol. The van der Waals surface area contributed by atoms with E-state index < -0.39 is 0 Å². The second-order valence-electron chi connectivity index (χ2n) is 4.33. The zero-order chi connectivity index (χ0) is 12.5. The number of anilines is 2. The van der Waals surface area contributed by atoms with Crippen LogP contribution in [0.15, 0.2) is 36.4 Å². The molecule has 0 aliphatic carbocycles. The van der Waals surface area contributed by atoms with E-state index in [1.807, 2.05) is 44.2 Å². The fourth-order valence-electron chi connectivity index (χ4n) is 2.01. The van der Waals surface area contributed by atoms with Crippen molar-refractivity contribution in [1.29, 1.82) is 0 Å². The third-order valence-corrected chi connectivity index (χ3v) is 2.77. The van der Waals surface area contributed by atoms with Crippen molar-refractivity contribution in [3.63, 3.8) is 0 Å². The van der Waals surface area contributed by atoms with Crippen LogP contribution in [0.1, 0.15) is 11.5 Å². The molecule has 2 N–H and O–H groups in total. The van der Waals surface area contributed by atoms with Gasteiger partial charge >= 0.3 is 0 Å². The summed E-state index contributed by atoms with van der Waals surface area (Å²) in [7, 11) is 0. The van der Waals surface area contributed by atoms with Gasteiger partial charge in [0.2, 0.25) is 0 Å². The molecule has 0 saturated carbocycles. The summed E-state index contributed by atoms with van der Waals surface area (Å²) in [6.07, 6.45) is 0. The monoisotopic (exact) mass is 238 g/mol. The lowest BCUT2D eigenvalue weighted by Gasteiger charge is -2.07. The molecule has 0 radical (unpaired) electrons. The van der Waals surface area contributed by atoms with Gasteiger partial charge in [-0.05, 0) is 32.0 Å². The van der Waals surface area contributed by atoms with Gasteiger partial charge < -0.3 is 10.3 Å². The molecule has 0 amide bonds. The molecule has 0 fully saturated rings. The molecule has 0 aliphatic heterocycles. The second kappa shape index (κ2) is 4.14. The fraction of sp³-hybridized carbons (Fsp3) is 0.143. The lowest BCUT2D eigenvalue weighted by molar-refractivity contribution is 1.08. The average Bonchev–Trinajstić information content (AvgIpc) is 2.71. The van der Waals surface area contributed by atoms with Crippen molar-refractivity contribution >= 4 is 22.5 Å². The molecule has 0 aliphatic rings. The van der Waals surface area contributed by atoms with E-state index in [1.165, 1.54) is 0 Å². The van der Waals surface area contributed by atoms with Gasteiger partial charge in [0, 0.05) is 11.4 Å². The van der Waals surface area contributed by atoms with E-state index in [1.54, 1.807) is 0 Å². The minimum absolute atomic E-state index is 0.753. The van der Waals surface area contributed by atoms with E-state index in [4.69, 9.17) is 0 Å². The van der Waals surface area contributed by atoms with Crippen molar-refractivity contribution in [2.75, 3.05) is 5.32 Å². The smallest absolute Gasteiger partial charge is 0.143 e. The molecule has 4 nitrogen and oxygen atoms in total. The Balaban J connectivity index is 2.10. The largest absolute Gasteiger partial charge is 0.343 e. The molecule has 2 heterocycles. The number of hydrogen-bond acceptors (Lipinski definition) is 3. The maximum Gasteiger partial charge on any atom is 0.143 e. The number of aromatic amines is 1. The van der Waals surface area contributed by atoms with Crippen molar-refractivity contribution in [3.8, 4) is 0 Å². The first-order valence-corrected chi connectivity index (χ1v) is 5.88. The summed E-state index contributed by atoms with van der Waals surface area (Å²) >= 11 is 0. The molecule has 1 aromatic carbocycles. The van der Waals surface area contributed by atoms with Gasteiger partial charge in [-0.25, -0.2) is 9.97 Å². The van der Waals surface area contributed by atoms with Crippen molar-refractivity contribution < 1.29 is 0 Å². The van der Waals surface area contributed by atoms with Gasteiger partial charge in [0.15, 0.2) is 0 Å². The Morgan fingerprint density at radius 3 is 2.61 bits per heavy atom. The van der Waals surface area contributed by atoms with E-state index in [-0.39, 0.29) is 0 Å². The third kappa shape index (κ3) is 1.93. The van der Waals surface area contributed by atoms with Crippen molar-refractivity contribution in [3.05, 3.63) is 47.9 Å². The van der Waals surface area contributed by atoms with E-state index in [2.05, 4.69) is 26.3 Å². The van der Waals surface area contributed by atoms with Crippen molar-refractivity contribution in [1.82, 2.24) is 15.0 Å². The predicted octanol–water partition coefficient (Wildman–Crippen LogP) is 3.32. The zero-order valence-corrected chi connectivity index (χ0v) is 10.4. The molecule has 18 heavy (non-hydrogen) atoms. The van der Waals surface area contributed by atoms with Gasteiger partial charge in [0.05, 0.1) is 5.39 Å². The van der Waals surface area contributed by atoms with Gasteiger partial charge in [-0.1, -0.05) is 18.2 Å². The minimum Gasteiger partial charge on any atom is -0.343 e. The highest BCUT2D eigenvalue weighted by Gasteiger charge is 2.08. The molecule has 3 rings (SSSR count). The lowest BCUT2D eigenvalue weighted by Crippen LogP contribution is -1.97. The molecule has 0 bridgehead atoms. The van der Waals surface area contributed by atoms with Gasteiger partial charge in [-0.15, -0.1) is 0 Å². The molecular formula is C14H14N4. The number of aryl methyl sites for hydroxylation is 2. The number of fused-ring (bicyclic) bond motifs is 1. The van der Waals surface area contributed by atoms with Crippen LogP contribution in [0.2, 0.25) is 0 Å². The number of nitrogens with zero attached hydrogens (tertiary/aromatic N) is 2. The summed E-state index contributed by atoms with van der Waals surface area (Å²) in [4.78, 5) is 12.1.